The van der Waals surface area contributed by atoms with Crippen LogP contribution in [0.5, 0.6) is 0 Å². The number of hydrogen-bond acceptors (Lipinski definition) is 7. The van der Waals surface area contributed by atoms with E-state index in [9.17, 15) is 9.59 Å². The number of fused-ring (bicyclic) bond motifs is 1. The first-order chi connectivity index (χ1) is 11.6. The molecule has 126 valence electrons. The maximum absolute atomic E-state index is 12.2. The molecule has 0 aromatic carbocycles. The molecular formula is C15H19N7O2. The molecule has 0 aliphatic carbocycles. The Morgan fingerprint density at radius 1 is 1.46 bits per heavy atom. The van der Waals surface area contributed by atoms with Crippen molar-refractivity contribution >= 4 is 24.1 Å². The lowest BCUT2D eigenvalue weighted by Gasteiger charge is -2.35. The number of amides is 3. The number of pyridine rings is 1. The number of carbonyl (C=O) groups is 2. The zero-order chi connectivity index (χ0) is 17.1. The van der Waals surface area contributed by atoms with E-state index in [2.05, 4.69) is 25.8 Å². The van der Waals surface area contributed by atoms with Crippen molar-refractivity contribution in [2.75, 3.05) is 13.6 Å². The quantitative estimate of drug-likeness (QED) is 0.596. The van der Waals surface area contributed by atoms with Gasteiger partial charge in [-0.1, -0.05) is 13.0 Å². The summed E-state index contributed by atoms with van der Waals surface area (Å²) in [6.45, 7) is 2.64. The lowest BCUT2D eigenvalue weighted by atomic mass is 10.1. The maximum Gasteiger partial charge on any atom is 0.325 e. The highest BCUT2D eigenvalue weighted by molar-refractivity contribution is 6.03. The molecule has 24 heavy (non-hydrogen) atoms. The van der Waals surface area contributed by atoms with Crippen molar-refractivity contribution in [1.82, 2.24) is 25.5 Å². The molecule has 2 N–H and O–H groups in total. The third-order valence-electron chi connectivity index (χ3n) is 3.89. The minimum absolute atomic E-state index is 0.340. The van der Waals surface area contributed by atoms with Gasteiger partial charge in [0.2, 0.25) is 5.96 Å². The summed E-state index contributed by atoms with van der Waals surface area (Å²) < 4.78 is 0. The Kier molecular flexibility index (Phi) is 4.41. The predicted octanol–water partition coefficient (Wildman–Crippen LogP) is -0.0370. The molecule has 2 aliphatic rings. The third-order valence-corrected chi connectivity index (χ3v) is 3.89. The molecule has 2 unspecified atom stereocenters. The fourth-order valence-electron chi connectivity index (χ4n) is 2.72. The van der Waals surface area contributed by atoms with E-state index in [0.29, 0.717) is 12.5 Å². The highest BCUT2D eigenvalue weighted by Gasteiger charge is 2.48. The van der Waals surface area contributed by atoms with E-state index < -0.39 is 18.2 Å². The Bertz CT molecular complexity index is 688. The van der Waals surface area contributed by atoms with Crippen molar-refractivity contribution in [2.24, 2.45) is 10.1 Å². The predicted molar refractivity (Wildman–Crippen MR) is 88.3 cm³/mol. The van der Waals surface area contributed by atoms with Crippen LogP contribution in [-0.2, 0) is 4.79 Å². The van der Waals surface area contributed by atoms with Gasteiger partial charge < -0.3 is 9.80 Å². The van der Waals surface area contributed by atoms with Crippen LogP contribution in [0.1, 0.15) is 18.9 Å². The third kappa shape index (κ3) is 2.92. The van der Waals surface area contributed by atoms with Gasteiger partial charge in [-0.25, -0.2) is 15.2 Å². The maximum atomic E-state index is 12.2. The number of hydrogen-bond donors (Lipinski definition) is 2. The molecule has 0 bridgehead atoms. The summed E-state index contributed by atoms with van der Waals surface area (Å²) in [5, 5.41) is 6.51. The first kappa shape index (κ1) is 15.9. The summed E-state index contributed by atoms with van der Waals surface area (Å²) >= 11 is 0. The molecule has 3 heterocycles. The lowest BCUT2D eigenvalue weighted by molar-refractivity contribution is -0.127. The standard InChI is InChI=1S/C15H19N7O2/c1-3-7-22-11-12(21(2)15(24)19-13(11)23)18-14(22)20-17-9-10-5-4-6-16-8-10/h4-6,8-9,11-12H,3,7H2,1-2H3,(H,18,20)(H,19,23,24)/b17-9+. The van der Waals surface area contributed by atoms with Gasteiger partial charge in [-0.15, -0.1) is 0 Å². The lowest BCUT2D eigenvalue weighted by Crippen LogP contribution is -2.64. The molecule has 1 saturated heterocycles. The molecule has 3 amide bonds. The number of carbonyl (C=O) groups excluding carboxylic acids is 2. The molecule has 1 fully saturated rings. The Morgan fingerprint density at radius 3 is 3.00 bits per heavy atom. The summed E-state index contributed by atoms with van der Waals surface area (Å²) in [4.78, 5) is 35.7. The number of guanidine groups is 1. The van der Waals surface area contributed by atoms with E-state index in [0.717, 1.165) is 12.0 Å². The van der Waals surface area contributed by atoms with Crippen molar-refractivity contribution in [2.45, 2.75) is 25.6 Å². The first-order valence-electron chi connectivity index (χ1n) is 7.73. The van der Waals surface area contributed by atoms with Gasteiger partial charge in [-0.2, -0.15) is 5.10 Å². The van der Waals surface area contributed by atoms with Gasteiger partial charge in [-0.05, 0) is 12.5 Å². The fourth-order valence-corrected chi connectivity index (χ4v) is 2.72. The molecule has 1 aromatic heterocycles. The highest BCUT2D eigenvalue weighted by Crippen LogP contribution is 2.23. The van der Waals surface area contributed by atoms with Crippen LogP contribution in [0.15, 0.2) is 34.6 Å². The molecular weight excluding hydrogens is 310 g/mol. The molecule has 3 rings (SSSR count). The van der Waals surface area contributed by atoms with Gasteiger partial charge in [0.25, 0.3) is 5.91 Å². The average molecular weight is 329 g/mol. The zero-order valence-corrected chi connectivity index (χ0v) is 13.5. The number of aromatic nitrogens is 1. The number of rotatable bonds is 4. The fraction of sp³-hybridized carbons (Fsp3) is 0.400. The second kappa shape index (κ2) is 6.65. The van der Waals surface area contributed by atoms with E-state index in [-0.39, 0.29) is 5.91 Å². The second-order valence-corrected chi connectivity index (χ2v) is 5.57. The Balaban J connectivity index is 1.79. The normalized spacial score (nSPS) is 23.3. The summed E-state index contributed by atoms with van der Waals surface area (Å²) in [5.74, 6) is 0.136. The van der Waals surface area contributed by atoms with E-state index >= 15 is 0 Å². The van der Waals surface area contributed by atoms with E-state index in [1.807, 2.05) is 24.0 Å². The van der Waals surface area contributed by atoms with Gasteiger partial charge >= 0.3 is 6.03 Å². The Hall–Kier alpha value is -2.97. The van der Waals surface area contributed by atoms with Crippen LogP contribution in [-0.4, -0.2) is 64.7 Å². The summed E-state index contributed by atoms with van der Waals surface area (Å²) in [7, 11) is 1.62. The van der Waals surface area contributed by atoms with Gasteiger partial charge in [-0.3, -0.25) is 15.1 Å². The van der Waals surface area contributed by atoms with Crippen LogP contribution >= 0.6 is 0 Å². The van der Waals surface area contributed by atoms with Crippen molar-refractivity contribution < 1.29 is 9.59 Å². The van der Waals surface area contributed by atoms with E-state index in [1.165, 1.54) is 4.90 Å². The molecule has 0 spiro atoms. The average Bonchev–Trinajstić information content (AvgIpc) is 2.93. The largest absolute Gasteiger partial charge is 0.326 e. The molecule has 0 radical (unpaired) electrons. The Labute approximate surface area is 139 Å². The summed E-state index contributed by atoms with van der Waals surface area (Å²) in [6, 6.07) is 2.71. The van der Waals surface area contributed by atoms with Crippen LogP contribution in [0.4, 0.5) is 4.79 Å². The van der Waals surface area contributed by atoms with Crippen LogP contribution < -0.4 is 10.7 Å². The number of imide groups is 1. The monoisotopic (exact) mass is 329 g/mol. The summed E-state index contributed by atoms with van der Waals surface area (Å²) in [6.07, 6.45) is 5.28. The number of hydrazone groups is 1. The van der Waals surface area contributed by atoms with Gasteiger partial charge in [0.15, 0.2) is 12.2 Å². The first-order valence-corrected chi connectivity index (χ1v) is 7.73. The van der Waals surface area contributed by atoms with Crippen LogP contribution in [0.2, 0.25) is 0 Å². The second-order valence-electron chi connectivity index (χ2n) is 5.57. The molecule has 0 saturated carbocycles. The SMILES string of the molecule is CCCN1C(N/N=C/c2cccnc2)=NC2C1C(=O)NC(=O)N2C. The number of likely N-dealkylation sites (N-methyl/N-ethyl adjacent to an activating group) is 1. The summed E-state index contributed by atoms with van der Waals surface area (Å²) in [5.41, 5.74) is 3.72. The van der Waals surface area contributed by atoms with Gasteiger partial charge in [0.1, 0.15) is 0 Å². The van der Waals surface area contributed by atoms with Crippen molar-refractivity contribution in [3.63, 3.8) is 0 Å². The number of urea groups is 1. The van der Waals surface area contributed by atoms with Crippen LogP contribution in [0, 0.1) is 0 Å². The highest BCUT2D eigenvalue weighted by atomic mass is 16.2. The van der Waals surface area contributed by atoms with Crippen molar-refractivity contribution in [3.05, 3.63) is 30.1 Å². The topological polar surface area (TPSA) is 102 Å². The number of nitrogens with one attached hydrogen (secondary N) is 2. The van der Waals surface area contributed by atoms with E-state index in [4.69, 9.17) is 0 Å². The molecule has 2 aliphatic heterocycles. The van der Waals surface area contributed by atoms with E-state index in [1.54, 1.807) is 25.7 Å². The van der Waals surface area contributed by atoms with Crippen LogP contribution in [0.25, 0.3) is 0 Å². The number of aliphatic imine (C=N–C) groups is 1. The molecule has 2 atom stereocenters. The van der Waals surface area contributed by atoms with Crippen molar-refractivity contribution in [1.29, 1.82) is 0 Å². The van der Waals surface area contributed by atoms with Gasteiger partial charge in [0.05, 0.1) is 6.21 Å². The minimum atomic E-state index is -0.547. The van der Waals surface area contributed by atoms with Crippen molar-refractivity contribution in [3.8, 4) is 0 Å². The zero-order valence-electron chi connectivity index (χ0n) is 13.5. The Morgan fingerprint density at radius 2 is 2.29 bits per heavy atom. The smallest absolute Gasteiger partial charge is 0.325 e. The molecule has 9 heteroatoms. The van der Waals surface area contributed by atoms with Crippen LogP contribution in [0.3, 0.4) is 0 Å². The minimum Gasteiger partial charge on any atom is -0.326 e. The van der Waals surface area contributed by atoms with Gasteiger partial charge in [0, 0.05) is 31.5 Å². The number of nitrogens with zero attached hydrogens (tertiary/aromatic N) is 5. The molecule has 1 aromatic rings. The molecule has 9 nitrogen and oxygen atoms in total.